The number of rotatable bonds is 7. The number of ether oxygens (including phenoxy) is 1. The van der Waals surface area contributed by atoms with Crippen LogP contribution in [0.1, 0.15) is 35.3 Å². The van der Waals surface area contributed by atoms with Crippen LogP contribution in [0.5, 0.6) is 5.75 Å². The fourth-order valence-electron chi connectivity index (χ4n) is 2.86. The average molecular weight is 429 g/mol. The molecule has 2 aromatic carbocycles. The Labute approximate surface area is 180 Å². The van der Waals surface area contributed by atoms with E-state index < -0.39 is 30.1 Å². The molecule has 0 unspecified atom stereocenters. The Kier molecular flexibility index (Phi) is 8.39. The Morgan fingerprint density at radius 2 is 1.77 bits per heavy atom. The van der Waals surface area contributed by atoms with Gasteiger partial charge in [0, 0.05) is 11.1 Å². The third-order valence-electron chi connectivity index (χ3n) is 4.54. The molecule has 0 aromatic heterocycles. The molecule has 0 aliphatic carbocycles. The third kappa shape index (κ3) is 6.45. The fourth-order valence-corrected chi connectivity index (χ4v) is 2.86. The van der Waals surface area contributed by atoms with Gasteiger partial charge >= 0.3 is 6.09 Å². The number of phenols is 1. The number of amides is 3. The Balaban J connectivity index is 2.27. The van der Waals surface area contributed by atoms with Gasteiger partial charge in [0.05, 0.1) is 19.3 Å². The lowest BCUT2D eigenvalue weighted by molar-refractivity contribution is -0.139. The molecule has 4 N–H and O–H groups in total. The van der Waals surface area contributed by atoms with E-state index in [9.17, 15) is 24.6 Å². The highest BCUT2D eigenvalue weighted by atomic mass is 16.6. The van der Waals surface area contributed by atoms with E-state index in [1.165, 1.54) is 25.1 Å². The largest absolute Gasteiger partial charge is 0.508 e. The maximum atomic E-state index is 13.2. The van der Waals surface area contributed by atoms with Crippen LogP contribution in [0.3, 0.4) is 0 Å². The van der Waals surface area contributed by atoms with Crippen LogP contribution < -0.4 is 10.7 Å². The zero-order valence-electron chi connectivity index (χ0n) is 17.7. The van der Waals surface area contributed by atoms with Crippen molar-refractivity contribution in [2.24, 2.45) is 0 Å². The van der Waals surface area contributed by atoms with Gasteiger partial charge in [-0.05, 0) is 38.5 Å². The van der Waals surface area contributed by atoms with Gasteiger partial charge < -0.3 is 20.3 Å². The molecular weight excluding hydrogens is 402 g/mol. The number of nitrogens with one attached hydrogen (secondary N) is 2. The van der Waals surface area contributed by atoms with E-state index in [2.05, 4.69) is 10.7 Å². The zero-order valence-corrected chi connectivity index (χ0v) is 17.7. The van der Waals surface area contributed by atoms with Crippen LogP contribution in [-0.2, 0) is 16.1 Å². The zero-order chi connectivity index (χ0) is 23.0. The summed E-state index contributed by atoms with van der Waals surface area (Å²) in [6.45, 7) is 4.63. The molecule has 3 amide bonds. The maximum Gasteiger partial charge on any atom is 0.426 e. The molecule has 0 radical (unpaired) electrons. The van der Waals surface area contributed by atoms with Crippen molar-refractivity contribution in [2.75, 3.05) is 6.61 Å². The van der Waals surface area contributed by atoms with E-state index in [-0.39, 0.29) is 24.5 Å². The summed E-state index contributed by atoms with van der Waals surface area (Å²) >= 11 is 0. The standard InChI is InChI=1S/C22H27N3O6/c1-4-31-22(30)24-25(13-16-9-6-5-7-10-16)21(29)19(15(3)26)23-20(28)17-11-8-12-18(27)14(17)2/h5-12,15,19,26-27H,4,13H2,1-3H3,(H,23,28)(H,24,30)/t15-,19+/m1/s1. The highest BCUT2D eigenvalue weighted by Gasteiger charge is 2.32. The summed E-state index contributed by atoms with van der Waals surface area (Å²) in [7, 11) is 0. The Bertz CT molecular complexity index is 917. The first-order valence-corrected chi connectivity index (χ1v) is 9.80. The fraction of sp³-hybridized carbons (Fsp3) is 0.318. The number of aliphatic hydroxyl groups excluding tert-OH is 1. The Morgan fingerprint density at radius 3 is 2.39 bits per heavy atom. The molecule has 0 heterocycles. The lowest BCUT2D eigenvalue weighted by Crippen LogP contribution is -2.57. The van der Waals surface area contributed by atoms with Crippen molar-refractivity contribution in [3.63, 3.8) is 0 Å². The molecule has 2 aromatic rings. The molecule has 0 saturated carbocycles. The highest BCUT2D eigenvalue weighted by molar-refractivity contribution is 5.99. The summed E-state index contributed by atoms with van der Waals surface area (Å²) in [5, 5.41) is 23.5. The Hall–Kier alpha value is -3.59. The SMILES string of the molecule is CCOC(=O)NN(Cc1ccccc1)C(=O)[C@@H](NC(=O)c1cccc(O)c1C)[C@@H](C)O. The number of hydrazine groups is 1. The van der Waals surface area contributed by atoms with Crippen LogP contribution in [0.25, 0.3) is 0 Å². The van der Waals surface area contributed by atoms with Crippen LogP contribution in [0, 0.1) is 6.92 Å². The highest BCUT2D eigenvalue weighted by Crippen LogP contribution is 2.19. The first kappa shape index (κ1) is 23.7. The average Bonchev–Trinajstić information content (AvgIpc) is 2.73. The molecule has 0 spiro atoms. The number of phenolic OH excluding ortho intramolecular Hbond substituents is 1. The third-order valence-corrected chi connectivity index (χ3v) is 4.54. The monoisotopic (exact) mass is 429 g/mol. The first-order valence-electron chi connectivity index (χ1n) is 9.80. The number of nitrogens with zero attached hydrogens (tertiary/aromatic N) is 1. The number of carbonyl (C=O) groups excluding carboxylic acids is 3. The molecule has 9 heteroatoms. The molecule has 0 bridgehead atoms. The second kappa shape index (κ2) is 11.0. The molecule has 0 aliphatic heterocycles. The van der Waals surface area contributed by atoms with Gasteiger partial charge in [-0.1, -0.05) is 36.4 Å². The number of hydrogen-bond donors (Lipinski definition) is 4. The number of carbonyl (C=O) groups is 3. The van der Waals surface area contributed by atoms with Crippen molar-refractivity contribution in [1.82, 2.24) is 15.8 Å². The van der Waals surface area contributed by atoms with Gasteiger partial charge in [-0.3, -0.25) is 9.59 Å². The van der Waals surface area contributed by atoms with Gasteiger partial charge in [0.15, 0.2) is 0 Å². The van der Waals surface area contributed by atoms with Gasteiger partial charge in [-0.25, -0.2) is 15.2 Å². The molecule has 0 aliphatic rings. The van der Waals surface area contributed by atoms with Crippen molar-refractivity contribution in [3.8, 4) is 5.75 Å². The number of hydrogen-bond acceptors (Lipinski definition) is 6. The molecule has 2 atom stereocenters. The minimum absolute atomic E-state index is 0.0112. The van der Waals surface area contributed by atoms with Crippen molar-refractivity contribution < 1.29 is 29.3 Å². The van der Waals surface area contributed by atoms with E-state index in [1.54, 1.807) is 38.1 Å². The quantitative estimate of drug-likeness (QED) is 0.498. The Morgan fingerprint density at radius 1 is 1.10 bits per heavy atom. The van der Waals surface area contributed by atoms with E-state index in [0.717, 1.165) is 5.01 Å². The predicted molar refractivity (Wildman–Crippen MR) is 113 cm³/mol. The molecule has 9 nitrogen and oxygen atoms in total. The second-order valence-electron chi connectivity index (χ2n) is 6.88. The van der Waals surface area contributed by atoms with Crippen molar-refractivity contribution in [3.05, 3.63) is 65.2 Å². The summed E-state index contributed by atoms with van der Waals surface area (Å²) in [5.41, 5.74) is 3.56. The maximum absolute atomic E-state index is 13.2. The van der Waals surface area contributed by atoms with Gasteiger partial charge in [-0.15, -0.1) is 0 Å². The van der Waals surface area contributed by atoms with Crippen LogP contribution >= 0.6 is 0 Å². The van der Waals surface area contributed by atoms with Crippen LogP contribution in [0.4, 0.5) is 4.79 Å². The van der Waals surface area contributed by atoms with Crippen molar-refractivity contribution in [1.29, 1.82) is 0 Å². The predicted octanol–water partition coefficient (Wildman–Crippen LogP) is 1.87. The minimum Gasteiger partial charge on any atom is -0.508 e. The first-order chi connectivity index (χ1) is 14.7. The number of aromatic hydroxyl groups is 1. The summed E-state index contributed by atoms with van der Waals surface area (Å²) in [6, 6.07) is 12.0. The van der Waals surface area contributed by atoms with Crippen LogP contribution in [0.2, 0.25) is 0 Å². The van der Waals surface area contributed by atoms with E-state index in [1.807, 2.05) is 6.07 Å². The summed E-state index contributed by atoms with van der Waals surface area (Å²) in [5.74, 6) is -1.45. The smallest absolute Gasteiger partial charge is 0.426 e. The van der Waals surface area contributed by atoms with Crippen LogP contribution in [0.15, 0.2) is 48.5 Å². The van der Waals surface area contributed by atoms with E-state index in [4.69, 9.17) is 4.74 Å². The summed E-state index contributed by atoms with van der Waals surface area (Å²) in [6.07, 6.45) is -2.11. The lowest BCUT2D eigenvalue weighted by atomic mass is 10.1. The topological polar surface area (TPSA) is 128 Å². The van der Waals surface area contributed by atoms with Crippen molar-refractivity contribution in [2.45, 2.75) is 39.5 Å². The lowest BCUT2D eigenvalue weighted by Gasteiger charge is -2.29. The van der Waals surface area contributed by atoms with Gasteiger partial charge in [0.25, 0.3) is 11.8 Å². The number of benzene rings is 2. The molecule has 0 fully saturated rings. The second-order valence-corrected chi connectivity index (χ2v) is 6.88. The van der Waals surface area contributed by atoms with E-state index in [0.29, 0.717) is 11.1 Å². The molecule has 0 saturated heterocycles. The van der Waals surface area contributed by atoms with Gasteiger partial charge in [-0.2, -0.15) is 0 Å². The normalized spacial score (nSPS) is 12.4. The molecule has 166 valence electrons. The molecular formula is C22H27N3O6. The summed E-state index contributed by atoms with van der Waals surface area (Å²) < 4.78 is 4.86. The van der Waals surface area contributed by atoms with Crippen LogP contribution in [-0.4, -0.2) is 51.9 Å². The summed E-state index contributed by atoms with van der Waals surface area (Å²) in [4.78, 5) is 37.9. The molecule has 2 rings (SSSR count). The van der Waals surface area contributed by atoms with Crippen molar-refractivity contribution >= 4 is 17.9 Å². The number of aliphatic hydroxyl groups is 1. The van der Waals surface area contributed by atoms with Gasteiger partial charge in [0.1, 0.15) is 11.8 Å². The van der Waals surface area contributed by atoms with E-state index >= 15 is 0 Å². The molecule has 31 heavy (non-hydrogen) atoms. The minimum atomic E-state index is -1.36. The van der Waals surface area contributed by atoms with Gasteiger partial charge in [0.2, 0.25) is 0 Å².